The predicted molar refractivity (Wildman–Crippen MR) is 63.0 cm³/mol. The quantitative estimate of drug-likeness (QED) is 0.831. The molecule has 88 valence electrons. The van der Waals surface area contributed by atoms with Gasteiger partial charge >= 0.3 is 0 Å². The minimum Gasteiger partial charge on any atom is -0.425 e. The van der Waals surface area contributed by atoms with Gasteiger partial charge < -0.3 is 9.73 Å². The third-order valence-electron chi connectivity index (χ3n) is 2.75. The van der Waals surface area contributed by atoms with Crippen molar-refractivity contribution >= 4 is 24.8 Å². The van der Waals surface area contributed by atoms with Crippen LogP contribution in [0.1, 0.15) is 31.5 Å². The molecule has 2 rings (SSSR count). The number of halogens is 2. The third-order valence-corrected chi connectivity index (χ3v) is 2.75. The fourth-order valence-electron chi connectivity index (χ4n) is 1.73. The Labute approximate surface area is 102 Å². The average Bonchev–Trinajstić information content (AvgIpc) is 2.54. The van der Waals surface area contributed by atoms with Gasteiger partial charge in [0.1, 0.15) is 0 Å². The first kappa shape index (κ1) is 14.7. The van der Waals surface area contributed by atoms with E-state index in [4.69, 9.17) is 4.42 Å². The van der Waals surface area contributed by atoms with E-state index in [2.05, 4.69) is 22.4 Å². The van der Waals surface area contributed by atoms with Crippen LogP contribution in [-0.2, 0) is 5.41 Å². The lowest BCUT2D eigenvalue weighted by Gasteiger charge is -2.30. The third kappa shape index (κ3) is 3.06. The molecule has 1 fully saturated rings. The Kier molecular flexibility index (Phi) is 5.56. The highest BCUT2D eigenvalue weighted by molar-refractivity contribution is 5.85. The summed E-state index contributed by atoms with van der Waals surface area (Å²) >= 11 is 0. The molecule has 0 atom stereocenters. The summed E-state index contributed by atoms with van der Waals surface area (Å²) in [5, 5.41) is 11.3. The Morgan fingerprint density at radius 3 is 2.27 bits per heavy atom. The normalized spacial score (nSPS) is 18.8. The number of hydrogen-bond acceptors (Lipinski definition) is 4. The molecule has 1 aromatic heterocycles. The summed E-state index contributed by atoms with van der Waals surface area (Å²) in [7, 11) is 0. The first-order valence-corrected chi connectivity index (χ1v) is 4.72. The summed E-state index contributed by atoms with van der Waals surface area (Å²) in [5.41, 5.74) is 0.0898. The molecule has 4 nitrogen and oxygen atoms in total. The van der Waals surface area contributed by atoms with E-state index in [0.29, 0.717) is 5.89 Å². The molecule has 1 N–H and O–H groups in total. The second-order valence-electron chi connectivity index (χ2n) is 3.94. The second-order valence-corrected chi connectivity index (χ2v) is 3.94. The van der Waals surface area contributed by atoms with Crippen molar-refractivity contribution < 1.29 is 4.42 Å². The van der Waals surface area contributed by atoms with Crippen molar-refractivity contribution in [1.29, 1.82) is 0 Å². The van der Waals surface area contributed by atoms with Gasteiger partial charge in [-0.1, -0.05) is 6.92 Å². The maximum Gasteiger partial charge on any atom is 0.222 e. The van der Waals surface area contributed by atoms with E-state index in [1.165, 1.54) is 0 Å². The van der Waals surface area contributed by atoms with Gasteiger partial charge in [-0.15, -0.1) is 35.0 Å². The van der Waals surface area contributed by atoms with E-state index in [0.717, 1.165) is 31.8 Å². The van der Waals surface area contributed by atoms with Gasteiger partial charge in [-0.2, -0.15) is 0 Å². The molecule has 0 aromatic carbocycles. The zero-order valence-corrected chi connectivity index (χ0v) is 10.6. The summed E-state index contributed by atoms with van der Waals surface area (Å²) in [6.45, 7) is 6.11. The number of nitrogens with zero attached hydrogens (tertiary/aromatic N) is 2. The van der Waals surface area contributed by atoms with Crippen LogP contribution in [0.25, 0.3) is 0 Å². The van der Waals surface area contributed by atoms with Crippen molar-refractivity contribution in [2.45, 2.75) is 32.1 Å². The molecule has 0 saturated carbocycles. The monoisotopic (exact) mass is 253 g/mol. The van der Waals surface area contributed by atoms with E-state index in [-0.39, 0.29) is 30.2 Å². The van der Waals surface area contributed by atoms with Crippen LogP contribution in [0.3, 0.4) is 0 Å². The van der Waals surface area contributed by atoms with Crippen LogP contribution in [0.2, 0.25) is 0 Å². The summed E-state index contributed by atoms with van der Waals surface area (Å²) in [5.74, 6) is 1.46. The Balaban J connectivity index is 0.000000980. The fraction of sp³-hybridized carbons (Fsp3) is 0.778. The van der Waals surface area contributed by atoms with Gasteiger partial charge in [0.05, 0.1) is 0 Å². The molecule has 0 radical (unpaired) electrons. The van der Waals surface area contributed by atoms with Crippen LogP contribution < -0.4 is 5.32 Å². The van der Waals surface area contributed by atoms with Crippen molar-refractivity contribution in [3.8, 4) is 0 Å². The van der Waals surface area contributed by atoms with Gasteiger partial charge in [-0.05, 0) is 25.9 Å². The van der Waals surface area contributed by atoms with Gasteiger partial charge in [0.15, 0.2) is 0 Å². The van der Waals surface area contributed by atoms with Crippen LogP contribution in [0.5, 0.6) is 0 Å². The summed E-state index contributed by atoms with van der Waals surface area (Å²) in [4.78, 5) is 0. The molecule has 6 heteroatoms. The van der Waals surface area contributed by atoms with E-state index >= 15 is 0 Å². The predicted octanol–water partition coefficient (Wildman–Crippen LogP) is 1.86. The topological polar surface area (TPSA) is 51.0 Å². The van der Waals surface area contributed by atoms with E-state index in [1.807, 2.05) is 6.92 Å². The number of piperidine rings is 1. The first-order chi connectivity index (χ1) is 6.21. The number of hydrogen-bond donors (Lipinski definition) is 1. The molecule has 15 heavy (non-hydrogen) atoms. The van der Waals surface area contributed by atoms with E-state index in [1.54, 1.807) is 0 Å². The molecule has 0 unspecified atom stereocenters. The maximum absolute atomic E-state index is 5.48. The molecule has 1 aliphatic rings. The van der Waals surface area contributed by atoms with E-state index in [9.17, 15) is 0 Å². The van der Waals surface area contributed by atoms with Gasteiger partial charge in [0.25, 0.3) is 0 Å². The van der Waals surface area contributed by atoms with Crippen molar-refractivity contribution in [3.05, 3.63) is 11.8 Å². The molecule has 1 aliphatic heterocycles. The first-order valence-electron chi connectivity index (χ1n) is 4.72. The van der Waals surface area contributed by atoms with Crippen LogP contribution in [0.15, 0.2) is 4.42 Å². The Bertz CT molecular complexity index is 297. The number of aryl methyl sites for hydroxylation is 1. The maximum atomic E-state index is 5.48. The van der Waals surface area contributed by atoms with Crippen molar-refractivity contribution in [1.82, 2.24) is 15.5 Å². The number of aromatic nitrogens is 2. The zero-order valence-electron chi connectivity index (χ0n) is 8.95. The molecule has 0 spiro atoms. The minimum atomic E-state index is 0. The molecule has 0 aliphatic carbocycles. The average molecular weight is 254 g/mol. The molecular weight excluding hydrogens is 237 g/mol. The lowest BCUT2D eigenvalue weighted by Crippen LogP contribution is -2.37. The highest BCUT2D eigenvalue weighted by Crippen LogP contribution is 2.31. The number of nitrogens with one attached hydrogen (secondary N) is 1. The molecule has 2 heterocycles. The molecule has 0 amide bonds. The Hall–Kier alpha value is -0.320. The SMILES string of the molecule is Cc1nnc(C2(C)CCNCC2)o1.Cl.Cl. The minimum absolute atomic E-state index is 0. The van der Waals surface area contributed by atoms with Crippen molar-refractivity contribution in [2.75, 3.05) is 13.1 Å². The molecule has 1 saturated heterocycles. The van der Waals surface area contributed by atoms with E-state index < -0.39 is 0 Å². The number of rotatable bonds is 1. The summed E-state index contributed by atoms with van der Waals surface area (Å²) < 4.78 is 5.48. The molecule has 0 bridgehead atoms. The van der Waals surface area contributed by atoms with Crippen LogP contribution >= 0.6 is 24.8 Å². The van der Waals surface area contributed by atoms with Crippen LogP contribution in [-0.4, -0.2) is 23.3 Å². The van der Waals surface area contributed by atoms with Gasteiger partial charge in [0, 0.05) is 12.3 Å². The van der Waals surface area contributed by atoms with Crippen LogP contribution in [0, 0.1) is 6.92 Å². The highest BCUT2D eigenvalue weighted by Gasteiger charge is 2.33. The lowest BCUT2D eigenvalue weighted by molar-refractivity contribution is 0.265. The van der Waals surface area contributed by atoms with Crippen molar-refractivity contribution in [2.24, 2.45) is 0 Å². The second kappa shape index (κ2) is 5.68. The summed E-state index contributed by atoms with van der Waals surface area (Å²) in [6.07, 6.45) is 2.16. The van der Waals surface area contributed by atoms with Crippen LogP contribution in [0.4, 0.5) is 0 Å². The summed E-state index contributed by atoms with van der Waals surface area (Å²) in [6, 6.07) is 0. The molecular formula is C9H17Cl2N3O. The fourth-order valence-corrected chi connectivity index (χ4v) is 1.73. The molecule has 1 aromatic rings. The van der Waals surface area contributed by atoms with Gasteiger partial charge in [-0.25, -0.2) is 0 Å². The zero-order chi connectivity index (χ0) is 9.31. The lowest BCUT2D eigenvalue weighted by atomic mass is 9.81. The van der Waals surface area contributed by atoms with Crippen molar-refractivity contribution in [3.63, 3.8) is 0 Å². The largest absolute Gasteiger partial charge is 0.425 e. The van der Waals surface area contributed by atoms with Gasteiger partial charge in [0.2, 0.25) is 11.8 Å². The highest BCUT2D eigenvalue weighted by atomic mass is 35.5. The Morgan fingerprint density at radius 1 is 1.20 bits per heavy atom. The van der Waals surface area contributed by atoms with Gasteiger partial charge in [-0.3, -0.25) is 0 Å². The Morgan fingerprint density at radius 2 is 1.80 bits per heavy atom. The standard InChI is InChI=1S/C9H15N3O.2ClH/c1-7-11-12-8(13-7)9(2)3-5-10-6-4-9;;/h10H,3-6H2,1-2H3;2*1H. The smallest absolute Gasteiger partial charge is 0.222 e.